The Morgan fingerprint density at radius 1 is 0.518 bits per heavy atom. The summed E-state index contributed by atoms with van der Waals surface area (Å²) in [7, 11) is -9.39. The molecule has 470 valence electrons. The highest BCUT2D eigenvalue weighted by atomic mass is 127. The zero-order valence-corrected chi connectivity index (χ0v) is 56.5. The monoisotopic (exact) mass is 1350 g/mol. The fourth-order valence-corrected chi connectivity index (χ4v) is 26.9. The van der Waals surface area contributed by atoms with Gasteiger partial charge < -0.3 is 61.3 Å². The molecule has 17 nitrogen and oxygen atoms in total. The first kappa shape index (κ1) is 67.7. The summed E-state index contributed by atoms with van der Waals surface area (Å²) < 4.78 is 113. The smallest absolute Gasteiger partial charge is 0.424 e. The molecule has 8 rings (SSSR count). The van der Waals surface area contributed by atoms with Crippen LogP contribution in [-0.2, 0) is 86.1 Å². The van der Waals surface area contributed by atoms with Gasteiger partial charge in [-0.3, -0.25) is 0 Å². The van der Waals surface area contributed by atoms with Crippen molar-refractivity contribution in [2.24, 2.45) is 0 Å². The van der Waals surface area contributed by atoms with E-state index in [2.05, 4.69) is 110 Å². The van der Waals surface area contributed by atoms with Gasteiger partial charge >= 0.3 is 6.16 Å². The van der Waals surface area contributed by atoms with Gasteiger partial charge in [-0.1, -0.05) is 215 Å². The number of sulfonamides is 1. The van der Waals surface area contributed by atoms with E-state index < -0.39 is 123 Å². The molecule has 21 heteroatoms. The highest BCUT2D eigenvalue weighted by Gasteiger charge is 2.61. The van der Waals surface area contributed by atoms with Crippen LogP contribution in [0.2, 0.25) is 33.2 Å². The molecule has 4 fully saturated rings. The number of halogens is 1. The Bertz CT molecular complexity index is 2750. The summed E-state index contributed by atoms with van der Waals surface area (Å²) in [6, 6.07) is 37.4. The molecule has 4 heterocycles. The lowest BCUT2D eigenvalue weighted by Crippen LogP contribution is -2.67. The van der Waals surface area contributed by atoms with Gasteiger partial charge in [0.25, 0.3) is 0 Å². The molecule has 4 aliphatic rings. The van der Waals surface area contributed by atoms with Gasteiger partial charge in [-0.2, -0.15) is 4.72 Å². The van der Waals surface area contributed by atoms with Gasteiger partial charge in [0.1, 0.15) is 49.0 Å². The van der Waals surface area contributed by atoms with Crippen LogP contribution >= 0.6 is 22.6 Å². The van der Waals surface area contributed by atoms with Gasteiger partial charge in [-0.05, 0) is 69.0 Å². The molecule has 0 aliphatic carbocycles. The minimum absolute atomic E-state index is 0.00698. The SMILES string of the molecule is CC1O[C@@H](OC2[C@H](OC3C(I)C(NS(=O)(=O)c4ccccc4)OC(CO[Si](C(C)C)(C(C)C)C(C)C)[C@@H]3O)OC(CO[Si](C(C)C)(C(C)C)C(C)C)[C@@H]3OC(=O)O[C@H]23)C(OCc2ccccc2)[C@@H](OCc2ccccc2)[C@@H]1OCc1ccccc1. The van der Waals surface area contributed by atoms with Gasteiger partial charge in [0.2, 0.25) is 10.0 Å². The minimum atomic E-state index is -4.21. The molecule has 0 bridgehead atoms. The van der Waals surface area contributed by atoms with Crippen molar-refractivity contribution >= 4 is 55.4 Å². The predicted octanol–water partition coefficient (Wildman–Crippen LogP) is 12.1. The quantitative estimate of drug-likeness (QED) is 0.0236. The van der Waals surface area contributed by atoms with Crippen LogP contribution in [0.15, 0.2) is 126 Å². The second-order valence-corrected chi connectivity index (χ2v) is 38.9. The van der Waals surface area contributed by atoms with Crippen molar-refractivity contribution in [2.45, 2.75) is 238 Å². The number of nitrogens with one attached hydrogen (secondary N) is 1. The summed E-state index contributed by atoms with van der Waals surface area (Å²) >= 11 is 2.07. The van der Waals surface area contributed by atoms with Crippen molar-refractivity contribution in [2.75, 3.05) is 13.2 Å². The molecule has 0 saturated carbocycles. The topological polar surface area (TPSA) is 194 Å². The number of aliphatic hydroxyl groups is 1. The number of fused-ring (bicyclic) bond motifs is 1. The number of carbonyl (C=O) groups is 1. The Hall–Kier alpha value is -3.22. The van der Waals surface area contributed by atoms with E-state index in [1.807, 2.05) is 97.9 Å². The van der Waals surface area contributed by atoms with E-state index in [4.69, 9.17) is 56.2 Å². The van der Waals surface area contributed by atoms with Crippen molar-refractivity contribution in [1.29, 1.82) is 0 Å². The lowest BCUT2D eigenvalue weighted by molar-refractivity contribution is -0.374. The highest BCUT2D eigenvalue weighted by molar-refractivity contribution is 14.1. The van der Waals surface area contributed by atoms with Gasteiger partial charge in [-0.15, -0.1) is 0 Å². The van der Waals surface area contributed by atoms with Crippen LogP contribution in [0, 0.1) is 0 Å². The fraction of sp³-hybridized carbons (Fsp3) is 0.609. The molecule has 8 unspecified atom stereocenters. The van der Waals surface area contributed by atoms with Crippen LogP contribution < -0.4 is 4.72 Å². The second kappa shape index (κ2) is 30.1. The molecular weight excluding hydrogens is 1250 g/mol. The molecule has 4 aromatic rings. The molecule has 0 aromatic heterocycles. The van der Waals surface area contributed by atoms with Crippen LogP contribution in [0.5, 0.6) is 0 Å². The minimum Gasteiger partial charge on any atom is -0.424 e. The fourth-order valence-electron chi connectivity index (χ4n) is 13.7. The van der Waals surface area contributed by atoms with E-state index in [0.29, 0.717) is 0 Å². The van der Waals surface area contributed by atoms with Crippen LogP contribution in [-0.4, -0.2) is 139 Å². The van der Waals surface area contributed by atoms with Gasteiger partial charge in [-0.25, -0.2) is 13.2 Å². The van der Waals surface area contributed by atoms with E-state index in [1.54, 1.807) is 18.2 Å². The Labute approximate surface area is 520 Å². The second-order valence-electron chi connectivity index (χ2n) is 24.9. The number of ether oxygens (including phenoxy) is 10. The maximum Gasteiger partial charge on any atom is 0.509 e. The van der Waals surface area contributed by atoms with Crippen LogP contribution in [0.4, 0.5) is 4.79 Å². The molecule has 4 saturated heterocycles. The molecule has 0 spiro atoms. The summed E-state index contributed by atoms with van der Waals surface area (Å²) in [5.41, 5.74) is 3.90. The summed E-state index contributed by atoms with van der Waals surface area (Å²) in [6.45, 7) is 28.5. The van der Waals surface area contributed by atoms with Crippen molar-refractivity contribution in [1.82, 2.24) is 4.72 Å². The van der Waals surface area contributed by atoms with Crippen LogP contribution in [0.25, 0.3) is 0 Å². The first-order chi connectivity index (χ1) is 40.5. The lowest BCUT2D eigenvalue weighted by Gasteiger charge is -2.50. The van der Waals surface area contributed by atoms with Crippen molar-refractivity contribution < 1.29 is 74.5 Å². The molecule has 15 atom stereocenters. The average molecular weight is 1350 g/mol. The molecule has 0 amide bonds. The number of benzene rings is 4. The maximum absolute atomic E-state index is 14.3. The van der Waals surface area contributed by atoms with E-state index in [9.17, 15) is 18.3 Å². The summed E-state index contributed by atoms with van der Waals surface area (Å²) in [5, 5.41) is 12.9. The summed E-state index contributed by atoms with van der Waals surface area (Å²) in [5.74, 6) is 0. The summed E-state index contributed by atoms with van der Waals surface area (Å²) in [4.78, 5) is 13.8. The normalized spacial score (nSPS) is 29.5. The molecule has 4 aliphatic heterocycles. The van der Waals surface area contributed by atoms with Crippen LogP contribution in [0.1, 0.15) is 107 Å². The third-order valence-electron chi connectivity index (χ3n) is 17.6. The largest absolute Gasteiger partial charge is 0.509 e. The third kappa shape index (κ3) is 15.7. The zero-order chi connectivity index (χ0) is 61.4. The molecule has 0 radical (unpaired) electrons. The van der Waals surface area contributed by atoms with Crippen molar-refractivity contribution in [3.63, 3.8) is 0 Å². The van der Waals surface area contributed by atoms with E-state index in [0.717, 1.165) is 16.7 Å². The van der Waals surface area contributed by atoms with Gasteiger partial charge in [0.05, 0.1) is 48.0 Å². The first-order valence-corrected chi connectivity index (χ1v) is 37.3. The third-order valence-corrected chi connectivity index (χ3v) is 32.6. The number of hydrogen-bond acceptors (Lipinski definition) is 16. The molecule has 4 aromatic carbocycles. The van der Waals surface area contributed by atoms with E-state index in [1.165, 1.54) is 12.1 Å². The maximum atomic E-state index is 14.3. The predicted molar refractivity (Wildman–Crippen MR) is 336 cm³/mol. The number of aliphatic hydroxyl groups excluding tert-OH is 1. The number of carbonyl (C=O) groups excluding carboxylic acids is 1. The average Bonchev–Trinajstić information content (AvgIpc) is 3.33. The van der Waals surface area contributed by atoms with Gasteiger partial charge in [0.15, 0.2) is 47.5 Å². The Balaban J connectivity index is 1.21. The summed E-state index contributed by atoms with van der Waals surface area (Å²) in [6.07, 6.45) is -16.5. The number of alkyl halides is 1. The number of rotatable bonds is 28. The molecule has 85 heavy (non-hydrogen) atoms. The Morgan fingerprint density at radius 2 is 0.918 bits per heavy atom. The molecule has 2 N–H and O–H groups in total. The van der Waals surface area contributed by atoms with Crippen molar-refractivity contribution in [3.05, 3.63) is 138 Å². The number of hydrogen-bond donors (Lipinski definition) is 2. The standard InChI is InChI=1S/C64H92INO16SSi2/c1-39(2)84(40(3)4,41(5)6)74-37-50-53(67)56(52(65)61(77-50)66-83(69,70)49-32-24-17-25-33-49)79-63-60(58-55(81-64(68)82-58)51(78-63)38-75-85(42(7)8,43(9)10)44(11)12)80-62-59(73-36-48-30-22-16-23-31-48)57(72-35-47-28-20-15-21-29-47)54(45(13)76-62)71-34-46-26-18-14-19-27-46/h14-33,39-45,50-63,66-67H,34-38H2,1-13H3/t45?,50?,51?,52?,53-,54+,55-,56?,57-,58-,59?,60?,61?,62-,63-/m0/s1. The highest BCUT2D eigenvalue weighted by Crippen LogP contribution is 2.46. The van der Waals surface area contributed by atoms with Crippen LogP contribution in [0.3, 0.4) is 0 Å². The van der Waals surface area contributed by atoms with Gasteiger partial charge in [0, 0.05) is 0 Å². The Morgan fingerprint density at radius 3 is 1.39 bits per heavy atom. The zero-order valence-electron chi connectivity index (χ0n) is 51.6. The van der Waals surface area contributed by atoms with Crippen molar-refractivity contribution in [3.8, 4) is 0 Å². The molecular formula is C64H92INO16SSi2. The van der Waals surface area contributed by atoms with E-state index >= 15 is 0 Å². The first-order valence-electron chi connectivity index (χ1n) is 30.3. The lowest BCUT2D eigenvalue weighted by atomic mass is 9.96. The van der Waals surface area contributed by atoms with E-state index in [-0.39, 0.29) is 71.2 Å². The Kier molecular flexibility index (Phi) is 23.9.